The van der Waals surface area contributed by atoms with Crippen LogP contribution in [-0.4, -0.2) is 23.2 Å². The van der Waals surface area contributed by atoms with E-state index in [-0.39, 0.29) is 26.0 Å². The number of fused-ring (bicyclic) bond motifs is 1. The Bertz CT molecular complexity index is 836. The number of rotatable bonds is 3. The van der Waals surface area contributed by atoms with Gasteiger partial charge in [0.2, 0.25) is 0 Å². The molecule has 6 heteroatoms. The Morgan fingerprint density at radius 1 is 1.15 bits per heavy atom. The van der Waals surface area contributed by atoms with E-state index in [0.717, 1.165) is 9.82 Å². The van der Waals surface area contributed by atoms with Gasteiger partial charge in [0.1, 0.15) is 0 Å². The normalized spacial score (nSPS) is 10.8. The Kier molecular flexibility index (Phi) is 3.26. The molecule has 1 aromatic heterocycles. The van der Waals surface area contributed by atoms with Crippen molar-refractivity contribution < 1.29 is 4.92 Å². The molecule has 0 saturated carbocycles. The van der Waals surface area contributed by atoms with E-state index < -0.39 is 4.92 Å². The van der Waals surface area contributed by atoms with E-state index in [1.165, 1.54) is 12.1 Å². The van der Waals surface area contributed by atoms with Gasteiger partial charge in [-0.05, 0) is 0 Å². The first kappa shape index (κ1) is 12.8. The molecule has 5 nitrogen and oxygen atoms in total. The van der Waals surface area contributed by atoms with Crippen LogP contribution in [0.3, 0.4) is 0 Å². The second-order valence-corrected chi connectivity index (χ2v) is 6.59. The summed E-state index contributed by atoms with van der Waals surface area (Å²) < 4.78 is 2.67. The number of nitro benzene ring substituents is 1. The Morgan fingerprint density at radius 2 is 1.90 bits per heavy atom. The van der Waals surface area contributed by atoms with Gasteiger partial charge in [-0.1, -0.05) is 0 Å². The molecule has 100 valence electrons. The first-order chi connectivity index (χ1) is 9.65. The Hall–Kier alpha value is -2.17. The van der Waals surface area contributed by atoms with Crippen LogP contribution in [0.5, 0.6) is 0 Å². The standard InChI is InChI=1S/C14H10N2O3Se/c17-14-12-8-11(16(18)19)6-7-13(12)20-15(14)9-10-4-2-1-3-5-10/h1-8H,9H2. The minimum atomic E-state index is -0.472. The first-order valence-electron chi connectivity index (χ1n) is 5.97. The van der Waals surface area contributed by atoms with Crippen molar-refractivity contribution in [3.05, 3.63) is 74.6 Å². The van der Waals surface area contributed by atoms with Crippen LogP contribution in [-0.2, 0) is 6.54 Å². The van der Waals surface area contributed by atoms with Gasteiger partial charge in [-0.3, -0.25) is 0 Å². The third-order valence-electron chi connectivity index (χ3n) is 3.01. The Labute approximate surface area is 120 Å². The third kappa shape index (κ3) is 2.31. The van der Waals surface area contributed by atoms with Gasteiger partial charge in [0.25, 0.3) is 0 Å². The summed E-state index contributed by atoms with van der Waals surface area (Å²) in [7, 11) is 0. The summed E-state index contributed by atoms with van der Waals surface area (Å²) in [6.45, 7) is 0.544. The number of hydrogen-bond donors (Lipinski definition) is 0. The molecule has 0 spiro atoms. The predicted molar refractivity (Wildman–Crippen MR) is 77.3 cm³/mol. The molecule has 0 N–H and O–H groups in total. The molecule has 3 rings (SSSR count). The van der Waals surface area contributed by atoms with Crippen molar-refractivity contribution in [2.45, 2.75) is 6.54 Å². The molecular weight excluding hydrogens is 323 g/mol. The van der Waals surface area contributed by atoms with E-state index in [1.807, 2.05) is 30.3 Å². The van der Waals surface area contributed by atoms with E-state index in [1.54, 1.807) is 9.63 Å². The summed E-state index contributed by atoms with van der Waals surface area (Å²) in [6.07, 6.45) is 0. The van der Waals surface area contributed by atoms with E-state index in [0.29, 0.717) is 11.9 Å². The molecule has 3 aromatic rings. The molecule has 0 atom stereocenters. The van der Waals surface area contributed by atoms with Crippen molar-refractivity contribution in [1.29, 1.82) is 0 Å². The molecule has 2 aromatic carbocycles. The van der Waals surface area contributed by atoms with E-state index in [4.69, 9.17) is 0 Å². The molecule has 0 aliphatic rings. The Balaban J connectivity index is 2.07. The number of benzene rings is 2. The Morgan fingerprint density at radius 3 is 2.60 bits per heavy atom. The maximum absolute atomic E-state index is 12.3. The van der Waals surface area contributed by atoms with Crippen molar-refractivity contribution in [3.63, 3.8) is 0 Å². The number of hydrogen-bond acceptors (Lipinski definition) is 3. The predicted octanol–water partition coefficient (Wildman–Crippen LogP) is 2.01. The van der Waals surface area contributed by atoms with Crippen LogP contribution in [0.15, 0.2) is 53.3 Å². The van der Waals surface area contributed by atoms with Crippen LogP contribution in [0, 0.1) is 10.1 Å². The fourth-order valence-electron chi connectivity index (χ4n) is 2.03. The summed E-state index contributed by atoms with van der Waals surface area (Å²) >= 11 is -0.114. The second-order valence-electron chi connectivity index (χ2n) is 4.36. The fourth-order valence-corrected chi connectivity index (χ4v) is 4.14. The van der Waals surface area contributed by atoms with Gasteiger partial charge in [0, 0.05) is 0 Å². The van der Waals surface area contributed by atoms with Crippen LogP contribution in [0.25, 0.3) is 9.65 Å². The van der Waals surface area contributed by atoms with Gasteiger partial charge < -0.3 is 0 Å². The van der Waals surface area contributed by atoms with Gasteiger partial charge in [0.05, 0.1) is 0 Å². The SMILES string of the molecule is O=c1c2cc([N+](=O)[O-])ccc2[se]n1Cc1ccccc1. The van der Waals surface area contributed by atoms with Crippen LogP contribution in [0.2, 0.25) is 0 Å². The summed E-state index contributed by atoms with van der Waals surface area (Å²) in [4.78, 5) is 22.6. The monoisotopic (exact) mass is 334 g/mol. The molecule has 0 fully saturated rings. The van der Waals surface area contributed by atoms with E-state index >= 15 is 0 Å². The second kappa shape index (κ2) is 5.07. The summed E-state index contributed by atoms with van der Waals surface area (Å²) in [5, 5.41) is 11.2. The van der Waals surface area contributed by atoms with Crippen molar-refractivity contribution >= 4 is 30.1 Å². The molecule has 0 saturated heterocycles. The summed E-state index contributed by atoms with van der Waals surface area (Å²) in [6, 6.07) is 14.3. The molecule has 0 radical (unpaired) electrons. The molecule has 0 unspecified atom stereocenters. The van der Waals surface area contributed by atoms with Gasteiger partial charge in [-0.15, -0.1) is 0 Å². The summed E-state index contributed by atoms with van der Waals surface area (Å²) in [5.74, 6) is 0. The molecule has 0 amide bonds. The third-order valence-corrected chi connectivity index (χ3v) is 5.25. The van der Waals surface area contributed by atoms with Gasteiger partial charge in [-0.25, -0.2) is 0 Å². The fraction of sp³-hybridized carbons (Fsp3) is 0.0714. The first-order valence-corrected chi connectivity index (χ1v) is 7.59. The zero-order chi connectivity index (χ0) is 14.1. The van der Waals surface area contributed by atoms with E-state index in [9.17, 15) is 14.9 Å². The zero-order valence-electron chi connectivity index (χ0n) is 10.4. The summed E-state index contributed by atoms with van der Waals surface area (Å²) in [5.41, 5.74) is 0.909. The molecule has 0 bridgehead atoms. The number of nitro groups is 1. The number of non-ortho nitro benzene ring substituents is 1. The molecule has 0 aliphatic heterocycles. The number of aromatic nitrogens is 1. The average Bonchev–Trinajstić information content (AvgIpc) is 2.76. The molecular formula is C14H10N2O3Se. The van der Waals surface area contributed by atoms with Gasteiger partial charge in [0.15, 0.2) is 0 Å². The van der Waals surface area contributed by atoms with Crippen LogP contribution in [0.1, 0.15) is 5.56 Å². The topological polar surface area (TPSA) is 65.1 Å². The van der Waals surface area contributed by atoms with Crippen molar-refractivity contribution in [2.24, 2.45) is 0 Å². The van der Waals surface area contributed by atoms with E-state index in [2.05, 4.69) is 0 Å². The van der Waals surface area contributed by atoms with Gasteiger partial charge >= 0.3 is 120 Å². The zero-order valence-corrected chi connectivity index (χ0v) is 12.1. The molecule has 1 heterocycles. The number of nitrogens with zero attached hydrogens (tertiary/aromatic N) is 2. The molecule has 20 heavy (non-hydrogen) atoms. The molecule has 0 aliphatic carbocycles. The van der Waals surface area contributed by atoms with Crippen LogP contribution >= 0.6 is 0 Å². The van der Waals surface area contributed by atoms with Crippen molar-refractivity contribution in [3.8, 4) is 0 Å². The maximum atomic E-state index is 12.3. The van der Waals surface area contributed by atoms with Crippen molar-refractivity contribution in [1.82, 2.24) is 3.56 Å². The minimum absolute atomic E-state index is 0.0329. The van der Waals surface area contributed by atoms with Crippen molar-refractivity contribution in [2.75, 3.05) is 0 Å². The van der Waals surface area contributed by atoms with Crippen LogP contribution < -0.4 is 5.56 Å². The quantitative estimate of drug-likeness (QED) is 0.418. The van der Waals surface area contributed by atoms with Crippen LogP contribution in [0.4, 0.5) is 5.69 Å². The van der Waals surface area contributed by atoms with Gasteiger partial charge in [-0.2, -0.15) is 0 Å². The average molecular weight is 333 g/mol.